The lowest BCUT2D eigenvalue weighted by Crippen LogP contribution is -2.23. The number of halogens is 3. The van der Waals surface area contributed by atoms with Gasteiger partial charge in [0.25, 0.3) is 5.91 Å². The SMILES string of the molecule is Cc1cc(C(=O)NCc2cccc(OC(F)(F)F)c2)cc(CC(=O)C2CC2)n1. The molecule has 28 heavy (non-hydrogen) atoms. The largest absolute Gasteiger partial charge is 0.573 e. The van der Waals surface area contributed by atoms with Crippen LogP contribution in [0.2, 0.25) is 0 Å². The number of carbonyl (C=O) groups is 2. The van der Waals surface area contributed by atoms with E-state index in [1.54, 1.807) is 25.1 Å². The Morgan fingerprint density at radius 1 is 1.21 bits per heavy atom. The summed E-state index contributed by atoms with van der Waals surface area (Å²) in [7, 11) is 0. The van der Waals surface area contributed by atoms with E-state index in [4.69, 9.17) is 0 Å². The highest BCUT2D eigenvalue weighted by Crippen LogP contribution is 2.30. The molecule has 1 aromatic carbocycles. The molecule has 148 valence electrons. The highest BCUT2D eigenvalue weighted by Gasteiger charge is 2.31. The molecule has 0 spiro atoms. The molecular weight excluding hydrogens is 373 g/mol. The zero-order chi connectivity index (χ0) is 20.3. The van der Waals surface area contributed by atoms with Crippen LogP contribution in [-0.2, 0) is 17.8 Å². The van der Waals surface area contributed by atoms with Gasteiger partial charge in [-0.25, -0.2) is 0 Å². The van der Waals surface area contributed by atoms with Gasteiger partial charge in [-0.2, -0.15) is 0 Å². The van der Waals surface area contributed by atoms with Gasteiger partial charge in [-0.1, -0.05) is 12.1 Å². The average molecular weight is 392 g/mol. The highest BCUT2D eigenvalue weighted by atomic mass is 19.4. The monoisotopic (exact) mass is 392 g/mol. The number of carbonyl (C=O) groups excluding carboxylic acids is 2. The second-order valence-electron chi connectivity index (χ2n) is 6.78. The highest BCUT2D eigenvalue weighted by molar-refractivity contribution is 5.94. The summed E-state index contributed by atoms with van der Waals surface area (Å²) >= 11 is 0. The minimum Gasteiger partial charge on any atom is -0.406 e. The van der Waals surface area contributed by atoms with Crippen molar-refractivity contribution in [3.8, 4) is 5.75 Å². The van der Waals surface area contributed by atoms with Crippen molar-refractivity contribution in [1.82, 2.24) is 10.3 Å². The first kappa shape index (κ1) is 19.9. The smallest absolute Gasteiger partial charge is 0.406 e. The van der Waals surface area contributed by atoms with Crippen molar-refractivity contribution in [2.45, 2.75) is 39.1 Å². The van der Waals surface area contributed by atoms with Gasteiger partial charge in [-0.05, 0) is 49.6 Å². The van der Waals surface area contributed by atoms with E-state index in [1.165, 1.54) is 18.2 Å². The normalized spacial score (nSPS) is 13.9. The molecule has 1 aliphatic carbocycles. The third-order valence-electron chi connectivity index (χ3n) is 4.24. The molecule has 1 saturated carbocycles. The number of pyridine rings is 1. The number of benzene rings is 1. The molecule has 0 saturated heterocycles. The Labute approximate surface area is 159 Å². The van der Waals surface area contributed by atoms with Crippen LogP contribution in [0.25, 0.3) is 0 Å². The Bertz CT molecular complexity index is 893. The number of hydrogen-bond donors (Lipinski definition) is 1. The predicted octanol–water partition coefficient (Wildman–Crippen LogP) is 3.74. The fourth-order valence-corrected chi connectivity index (χ4v) is 2.82. The quantitative estimate of drug-likeness (QED) is 0.780. The minimum atomic E-state index is -4.77. The van der Waals surface area contributed by atoms with Gasteiger partial charge in [-0.3, -0.25) is 14.6 Å². The van der Waals surface area contributed by atoms with Crippen LogP contribution >= 0.6 is 0 Å². The third-order valence-corrected chi connectivity index (χ3v) is 4.24. The molecule has 0 unspecified atom stereocenters. The minimum absolute atomic E-state index is 0.0333. The molecule has 8 heteroatoms. The summed E-state index contributed by atoms with van der Waals surface area (Å²) in [4.78, 5) is 28.7. The molecule has 3 rings (SSSR count). The van der Waals surface area contributed by atoms with Gasteiger partial charge >= 0.3 is 6.36 Å². The van der Waals surface area contributed by atoms with E-state index >= 15 is 0 Å². The van der Waals surface area contributed by atoms with Crippen LogP contribution in [0.15, 0.2) is 36.4 Å². The Morgan fingerprint density at radius 3 is 2.64 bits per heavy atom. The number of aromatic nitrogens is 1. The van der Waals surface area contributed by atoms with Crippen molar-refractivity contribution in [3.63, 3.8) is 0 Å². The number of nitrogens with zero attached hydrogens (tertiary/aromatic N) is 1. The zero-order valence-corrected chi connectivity index (χ0v) is 15.2. The van der Waals surface area contributed by atoms with Gasteiger partial charge < -0.3 is 10.1 Å². The van der Waals surface area contributed by atoms with E-state index in [1.807, 2.05) is 0 Å². The first-order valence-corrected chi connectivity index (χ1v) is 8.83. The van der Waals surface area contributed by atoms with Crippen molar-refractivity contribution in [3.05, 3.63) is 58.9 Å². The van der Waals surface area contributed by atoms with Crippen molar-refractivity contribution in [2.24, 2.45) is 5.92 Å². The lowest BCUT2D eigenvalue weighted by Gasteiger charge is -2.11. The lowest BCUT2D eigenvalue weighted by molar-refractivity contribution is -0.274. The van der Waals surface area contributed by atoms with Crippen molar-refractivity contribution in [2.75, 3.05) is 0 Å². The number of Topliss-reactive ketones (excluding diaryl/α,β-unsaturated/α-hetero) is 1. The van der Waals surface area contributed by atoms with Crippen LogP contribution < -0.4 is 10.1 Å². The number of ketones is 1. The van der Waals surface area contributed by atoms with Crippen molar-refractivity contribution >= 4 is 11.7 Å². The van der Waals surface area contributed by atoms with Crippen LogP contribution in [0, 0.1) is 12.8 Å². The Balaban J connectivity index is 1.64. The number of alkyl halides is 3. The van der Waals surface area contributed by atoms with E-state index in [0.29, 0.717) is 22.5 Å². The van der Waals surface area contributed by atoms with E-state index < -0.39 is 12.3 Å². The second-order valence-corrected chi connectivity index (χ2v) is 6.78. The van der Waals surface area contributed by atoms with E-state index in [0.717, 1.165) is 12.8 Å². The molecular formula is C20H19F3N2O3. The molecule has 0 bridgehead atoms. The van der Waals surface area contributed by atoms with E-state index in [-0.39, 0.29) is 30.4 Å². The van der Waals surface area contributed by atoms with Gasteiger partial charge in [0.15, 0.2) is 0 Å². The summed E-state index contributed by atoms with van der Waals surface area (Å²) in [5.41, 5.74) is 1.98. The first-order valence-electron chi connectivity index (χ1n) is 8.83. The van der Waals surface area contributed by atoms with Gasteiger partial charge in [0.05, 0.1) is 0 Å². The fraction of sp³-hybridized carbons (Fsp3) is 0.350. The van der Waals surface area contributed by atoms with Crippen LogP contribution in [-0.4, -0.2) is 23.0 Å². The van der Waals surface area contributed by atoms with Gasteiger partial charge in [0, 0.05) is 35.8 Å². The van der Waals surface area contributed by atoms with E-state index in [9.17, 15) is 22.8 Å². The summed E-state index contributed by atoms with van der Waals surface area (Å²) in [5.74, 6) is -0.496. The standard InChI is InChI=1S/C20H19F3N2O3/c1-12-7-15(9-16(25-12)10-18(26)14-5-6-14)19(27)24-11-13-3-2-4-17(8-13)28-20(21,22)23/h2-4,7-9,14H,5-6,10-11H2,1H3,(H,24,27). The molecule has 0 aliphatic heterocycles. The summed E-state index contributed by atoms with van der Waals surface area (Å²) in [6, 6.07) is 8.58. The molecule has 0 radical (unpaired) electrons. The molecule has 1 N–H and O–H groups in total. The third kappa shape index (κ3) is 5.80. The van der Waals surface area contributed by atoms with Crippen LogP contribution in [0.5, 0.6) is 5.75 Å². The topological polar surface area (TPSA) is 68.3 Å². The van der Waals surface area contributed by atoms with Crippen LogP contribution in [0.3, 0.4) is 0 Å². The summed E-state index contributed by atoms with van der Waals surface area (Å²) < 4.78 is 40.8. The summed E-state index contributed by atoms with van der Waals surface area (Å²) in [6.45, 7) is 1.77. The Hall–Kier alpha value is -2.90. The van der Waals surface area contributed by atoms with Crippen LogP contribution in [0.1, 0.15) is 40.2 Å². The number of nitrogens with one attached hydrogen (secondary N) is 1. The molecule has 1 fully saturated rings. The Morgan fingerprint density at radius 2 is 1.96 bits per heavy atom. The van der Waals surface area contributed by atoms with Gasteiger partial charge in [0.2, 0.25) is 0 Å². The zero-order valence-electron chi connectivity index (χ0n) is 15.2. The van der Waals surface area contributed by atoms with Crippen molar-refractivity contribution in [1.29, 1.82) is 0 Å². The maximum absolute atomic E-state index is 12.4. The molecule has 1 aliphatic rings. The predicted molar refractivity (Wildman–Crippen MR) is 94.7 cm³/mol. The fourth-order valence-electron chi connectivity index (χ4n) is 2.82. The number of aryl methyl sites for hydroxylation is 1. The van der Waals surface area contributed by atoms with Crippen molar-refractivity contribution < 1.29 is 27.5 Å². The number of amides is 1. The van der Waals surface area contributed by atoms with E-state index in [2.05, 4.69) is 15.0 Å². The molecule has 1 amide bonds. The number of rotatable bonds is 7. The lowest BCUT2D eigenvalue weighted by atomic mass is 10.1. The molecule has 5 nitrogen and oxygen atoms in total. The molecule has 0 atom stereocenters. The van der Waals surface area contributed by atoms with Gasteiger partial charge in [0.1, 0.15) is 11.5 Å². The summed E-state index contributed by atoms with van der Waals surface area (Å²) in [6.07, 6.45) is -2.75. The number of hydrogen-bond acceptors (Lipinski definition) is 4. The summed E-state index contributed by atoms with van der Waals surface area (Å²) in [5, 5.41) is 2.66. The molecule has 1 heterocycles. The average Bonchev–Trinajstić information content (AvgIpc) is 3.43. The maximum Gasteiger partial charge on any atom is 0.573 e. The number of ether oxygens (including phenoxy) is 1. The van der Waals surface area contributed by atoms with Crippen LogP contribution in [0.4, 0.5) is 13.2 Å². The first-order chi connectivity index (χ1) is 13.2. The van der Waals surface area contributed by atoms with Gasteiger partial charge in [-0.15, -0.1) is 13.2 Å². The maximum atomic E-state index is 12.4. The molecule has 2 aromatic rings. The Kier molecular flexibility index (Phi) is 5.67. The second kappa shape index (κ2) is 8.00. The molecule has 1 aromatic heterocycles.